The van der Waals surface area contributed by atoms with Crippen LogP contribution in [0.1, 0.15) is 49.1 Å². The van der Waals surface area contributed by atoms with E-state index in [0.29, 0.717) is 50.9 Å². The molecule has 1 aliphatic heterocycles. The summed E-state index contributed by atoms with van der Waals surface area (Å²) in [5.74, 6) is -1.05. The Morgan fingerprint density at radius 3 is 2.69 bits per heavy atom. The van der Waals surface area contributed by atoms with Crippen molar-refractivity contribution in [3.8, 4) is 22.9 Å². The highest BCUT2D eigenvalue weighted by Gasteiger charge is 2.33. The molecule has 1 N–H and O–H groups in total. The Morgan fingerprint density at radius 1 is 1.22 bits per heavy atom. The molecule has 1 aromatic heterocycles. The Kier molecular flexibility index (Phi) is 5.65. The van der Waals surface area contributed by atoms with Gasteiger partial charge in [0.25, 0.3) is 0 Å². The number of nitrogens with zero attached hydrogens (tertiary/aromatic N) is 2. The van der Waals surface area contributed by atoms with Crippen LogP contribution in [0.25, 0.3) is 32.8 Å². The fraction of sp³-hybridized carbons (Fsp3) is 0.276. The molecule has 3 aromatic carbocycles. The molecule has 5 rings (SSSR count). The number of fused-ring (bicyclic) bond motifs is 1. The molecule has 1 unspecified atom stereocenters. The third-order valence-corrected chi connectivity index (χ3v) is 6.39. The van der Waals surface area contributed by atoms with E-state index < -0.39 is 23.5 Å². The van der Waals surface area contributed by atoms with E-state index in [1.165, 1.54) is 12.1 Å². The number of pyridine rings is 1. The molecule has 2 heterocycles. The van der Waals surface area contributed by atoms with Gasteiger partial charge < -0.3 is 14.6 Å². The van der Waals surface area contributed by atoms with E-state index in [2.05, 4.69) is 11.1 Å². The SMILES string of the molecule is Cc1cc2c(C#N)cc(F)cc2c(-c2ccc3c4c(ccnc24)CCO3)c1C(OC(C)(C)C)C(=O)O. The quantitative estimate of drug-likeness (QED) is 0.368. The van der Waals surface area contributed by atoms with Crippen molar-refractivity contribution < 1.29 is 23.8 Å². The first kappa shape index (κ1) is 23.7. The van der Waals surface area contributed by atoms with Crippen molar-refractivity contribution >= 4 is 27.6 Å². The van der Waals surface area contributed by atoms with Gasteiger partial charge in [0.1, 0.15) is 11.6 Å². The number of carbonyl (C=O) groups is 1. The van der Waals surface area contributed by atoms with Crippen LogP contribution >= 0.6 is 0 Å². The molecule has 182 valence electrons. The summed E-state index contributed by atoms with van der Waals surface area (Å²) in [7, 11) is 0. The first-order valence-corrected chi connectivity index (χ1v) is 11.7. The van der Waals surface area contributed by atoms with Crippen molar-refractivity contribution in [1.29, 1.82) is 5.26 Å². The Morgan fingerprint density at radius 2 is 2.00 bits per heavy atom. The number of rotatable bonds is 4. The van der Waals surface area contributed by atoms with Crippen molar-refractivity contribution in [2.45, 2.75) is 45.8 Å². The van der Waals surface area contributed by atoms with Gasteiger partial charge in [-0.2, -0.15) is 5.26 Å². The topological polar surface area (TPSA) is 92.4 Å². The Hall–Kier alpha value is -4.02. The van der Waals surface area contributed by atoms with Crippen LogP contribution in [0, 0.1) is 24.1 Å². The summed E-state index contributed by atoms with van der Waals surface area (Å²) in [5, 5.41) is 21.8. The number of carboxylic acids is 1. The van der Waals surface area contributed by atoms with Crippen molar-refractivity contribution in [2.24, 2.45) is 0 Å². The zero-order chi connectivity index (χ0) is 25.8. The Balaban J connectivity index is 1.97. The van der Waals surface area contributed by atoms with Crippen LogP contribution in [-0.2, 0) is 16.0 Å². The standard InChI is InChI=1S/C29H25FN2O4/c1-15-11-20-17(14-31)12-18(30)13-21(20)25(23(15)27(28(33)34)36-29(2,3)4)19-5-6-22-24-16(8-10-35-22)7-9-32-26(19)24/h5-7,9,11-13,27H,8,10H2,1-4H3,(H,33,34). The number of nitriles is 1. The van der Waals surface area contributed by atoms with Gasteiger partial charge in [-0.3, -0.25) is 4.98 Å². The third-order valence-electron chi connectivity index (χ3n) is 6.39. The van der Waals surface area contributed by atoms with Gasteiger partial charge in [0.05, 0.1) is 29.4 Å². The van der Waals surface area contributed by atoms with Crippen LogP contribution in [0.4, 0.5) is 4.39 Å². The number of aromatic nitrogens is 1. The highest BCUT2D eigenvalue weighted by Crippen LogP contribution is 2.45. The van der Waals surface area contributed by atoms with Crippen LogP contribution in [0.2, 0.25) is 0 Å². The predicted octanol–water partition coefficient (Wildman–Crippen LogP) is 6.25. The van der Waals surface area contributed by atoms with E-state index >= 15 is 0 Å². The van der Waals surface area contributed by atoms with E-state index in [4.69, 9.17) is 9.47 Å². The van der Waals surface area contributed by atoms with Gasteiger partial charge in [0.15, 0.2) is 6.10 Å². The summed E-state index contributed by atoms with van der Waals surface area (Å²) in [6, 6.07) is 12.0. The zero-order valence-corrected chi connectivity index (χ0v) is 20.5. The fourth-order valence-electron chi connectivity index (χ4n) is 5.03. The molecular weight excluding hydrogens is 459 g/mol. The van der Waals surface area contributed by atoms with Crippen LogP contribution in [-0.4, -0.2) is 28.3 Å². The number of aryl methyl sites for hydroxylation is 1. The number of hydrogen-bond acceptors (Lipinski definition) is 5. The van der Waals surface area contributed by atoms with Gasteiger partial charge in [-0.15, -0.1) is 0 Å². The van der Waals surface area contributed by atoms with Gasteiger partial charge in [0.2, 0.25) is 0 Å². The second kappa shape index (κ2) is 8.58. The third kappa shape index (κ3) is 3.94. The smallest absolute Gasteiger partial charge is 0.337 e. The Labute approximate surface area is 207 Å². The number of ether oxygens (including phenoxy) is 2. The van der Waals surface area contributed by atoms with Crippen LogP contribution in [0.5, 0.6) is 5.75 Å². The van der Waals surface area contributed by atoms with Gasteiger partial charge in [0, 0.05) is 34.5 Å². The van der Waals surface area contributed by atoms with Crippen molar-refractivity contribution in [3.05, 3.63) is 70.7 Å². The lowest BCUT2D eigenvalue weighted by Crippen LogP contribution is -2.28. The fourth-order valence-corrected chi connectivity index (χ4v) is 5.03. The summed E-state index contributed by atoms with van der Waals surface area (Å²) in [6.45, 7) is 7.70. The lowest BCUT2D eigenvalue weighted by molar-refractivity contribution is -0.160. The van der Waals surface area contributed by atoms with E-state index in [-0.39, 0.29) is 5.56 Å². The first-order valence-electron chi connectivity index (χ1n) is 11.7. The number of aliphatic carboxylic acids is 1. The molecule has 0 spiro atoms. The highest BCUT2D eigenvalue weighted by atomic mass is 19.1. The average molecular weight is 485 g/mol. The summed E-state index contributed by atoms with van der Waals surface area (Å²) < 4.78 is 26.7. The minimum absolute atomic E-state index is 0.170. The first-order chi connectivity index (χ1) is 17.1. The molecular formula is C29H25FN2O4. The summed E-state index contributed by atoms with van der Waals surface area (Å²) >= 11 is 0. The van der Waals surface area contributed by atoms with Gasteiger partial charge in [-0.1, -0.05) is 0 Å². The zero-order valence-electron chi connectivity index (χ0n) is 20.5. The molecule has 1 atom stereocenters. The van der Waals surface area contributed by atoms with E-state index in [1.54, 1.807) is 40.0 Å². The maximum atomic E-state index is 14.8. The van der Waals surface area contributed by atoms with Crippen molar-refractivity contribution in [3.63, 3.8) is 0 Å². The molecule has 0 radical (unpaired) electrons. The monoisotopic (exact) mass is 484 g/mol. The maximum absolute atomic E-state index is 14.8. The van der Waals surface area contributed by atoms with E-state index in [1.807, 2.05) is 18.2 Å². The largest absolute Gasteiger partial charge is 0.493 e. The number of halogens is 1. The molecule has 0 saturated carbocycles. The summed E-state index contributed by atoms with van der Waals surface area (Å²) in [6.07, 6.45) is 1.10. The summed E-state index contributed by atoms with van der Waals surface area (Å²) in [5.41, 5.74) is 3.23. The number of benzene rings is 3. The molecule has 0 amide bonds. The number of hydrogen-bond donors (Lipinski definition) is 1. The summed E-state index contributed by atoms with van der Waals surface area (Å²) in [4.78, 5) is 17.2. The van der Waals surface area contributed by atoms with Crippen molar-refractivity contribution in [1.82, 2.24) is 4.98 Å². The molecule has 36 heavy (non-hydrogen) atoms. The van der Waals surface area contributed by atoms with Gasteiger partial charge >= 0.3 is 5.97 Å². The van der Waals surface area contributed by atoms with Crippen LogP contribution in [0.15, 0.2) is 42.6 Å². The lowest BCUT2D eigenvalue weighted by Gasteiger charge is -2.29. The maximum Gasteiger partial charge on any atom is 0.337 e. The second-order valence-electron chi connectivity index (χ2n) is 9.99. The normalized spacial score (nSPS) is 13.9. The van der Waals surface area contributed by atoms with Gasteiger partial charge in [-0.05, 0) is 86.2 Å². The molecule has 0 fully saturated rings. The lowest BCUT2D eigenvalue weighted by atomic mass is 9.84. The molecule has 0 saturated heterocycles. The van der Waals surface area contributed by atoms with Crippen LogP contribution in [0.3, 0.4) is 0 Å². The molecule has 6 nitrogen and oxygen atoms in total. The molecule has 0 bridgehead atoms. The minimum Gasteiger partial charge on any atom is -0.493 e. The molecule has 7 heteroatoms. The van der Waals surface area contributed by atoms with E-state index in [0.717, 1.165) is 17.4 Å². The van der Waals surface area contributed by atoms with Gasteiger partial charge in [-0.25, -0.2) is 9.18 Å². The number of carboxylic acid groups (broad SMARTS) is 1. The highest BCUT2D eigenvalue weighted by molar-refractivity contribution is 6.09. The van der Waals surface area contributed by atoms with Crippen LogP contribution < -0.4 is 4.74 Å². The van der Waals surface area contributed by atoms with E-state index in [9.17, 15) is 19.6 Å². The average Bonchev–Trinajstić information content (AvgIpc) is 2.82. The predicted molar refractivity (Wildman–Crippen MR) is 135 cm³/mol. The second-order valence-corrected chi connectivity index (χ2v) is 9.99. The molecule has 0 aliphatic carbocycles. The molecule has 1 aliphatic rings. The Bertz CT molecular complexity index is 1590. The minimum atomic E-state index is -1.33. The van der Waals surface area contributed by atoms with Crippen molar-refractivity contribution in [2.75, 3.05) is 6.61 Å². The molecule has 4 aromatic rings.